The van der Waals surface area contributed by atoms with Gasteiger partial charge >= 0.3 is 0 Å². The minimum atomic E-state index is 0.0618. The van der Waals surface area contributed by atoms with Gasteiger partial charge in [0.1, 0.15) is 11.9 Å². The number of unbranched alkanes of at least 4 members (excludes halogenated alkanes) is 1. The number of rotatable bonds is 7. The van der Waals surface area contributed by atoms with Gasteiger partial charge in [-0.15, -0.1) is 6.58 Å². The van der Waals surface area contributed by atoms with Crippen LogP contribution in [0.15, 0.2) is 109 Å². The standard InChI is InChI=1S/C27H27N2/c1-2-3-7-20-24(21-14-8-4-9-15-21)27-28-25(22-16-10-5-11-17-22)26(29-27)23-18-12-6-13-19-23/h2,4-6,8-19,25-26,28H,1,3,7,20H2/t25-,26-/m0/s1. The van der Waals surface area contributed by atoms with E-state index in [1.165, 1.54) is 22.3 Å². The first-order chi connectivity index (χ1) is 14.4. The Hall–Kier alpha value is -3.26. The molecule has 0 aromatic heterocycles. The predicted molar refractivity (Wildman–Crippen MR) is 121 cm³/mol. The van der Waals surface area contributed by atoms with E-state index in [2.05, 4.69) is 103 Å². The molecule has 2 atom stereocenters. The highest BCUT2D eigenvalue weighted by Crippen LogP contribution is 2.39. The van der Waals surface area contributed by atoms with Gasteiger partial charge in [-0.3, -0.25) is 5.32 Å². The molecule has 0 aliphatic carbocycles. The van der Waals surface area contributed by atoms with Crippen LogP contribution < -0.4 is 10.6 Å². The van der Waals surface area contributed by atoms with E-state index in [-0.39, 0.29) is 12.1 Å². The number of allylic oxidation sites excluding steroid dienone is 2. The number of hydrogen-bond donors (Lipinski definition) is 1. The highest BCUT2D eigenvalue weighted by Gasteiger charge is 2.35. The highest BCUT2D eigenvalue weighted by atomic mass is 15.2. The van der Waals surface area contributed by atoms with Crippen molar-refractivity contribution in [3.05, 3.63) is 126 Å². The van der Waals surface area contributed by atoms with Gasteiger partial charge < -0.3 is 5.32 Å². The van der Waals surface area contributed by atoms with Crippen LogP contribution in [0.25, 0.3) is 5.57 Å². The summed E-state index contributed by atoms with van der Waals surface area (Å²) in [5.74, 6) is 1.02. The number of nitrogens with one attached hydrogen (secondary N) is 1. The molecule has 1 heterocycles. The van der Waals surface area contributed by atoms with E-state index in [4.69, 9.17) is 5.32 Å². The van der Waals surface area contributed by atoms with E-state index in [9.17, 15) is 0 Å². The van der Waals surface area contributed by atoms with Crippen LogP contribution in [0.3, 0.4) is 0 Å². The van der Waals surface area contributed by atoms with Crippen molar-refractivity contribution < 1.29 is 0 Å². The summed E-state index contributed by atoms with van der Waals surface area (Å²) in [5, 5.41) is 8.98. The van der Waals surface area contributed by atoms with Crippen molar-refractivity contribution >= 4 is 5.57 Å². The average molecular weight is 380 g/mol. The predicted octanol–water partition coefficient (Wildman–Crippen LogP) is 6.40. The molecule has 29 heavy (non-hydrogen) atoms. The maximum Gasteiger partial charge on any atom is 0.126 e. The van der Waals surface area contributed by atoms with Gasteiger partial charge in [-0.2, -0.15) is 0 Å². The molecule has 4 rings (SSSR count). The zero-order chi connectivity index (χ0) is 19.9. The SMILES string of the molecule is C=CCCCC(=C1[N][C@@H](c2ccccc2)[C@H](c2ccccc2)N1)c1ccccc1. The molecule has 0 spiro atoms. The summed E-state index contributed by atoms with van der Waals surface area (Å²) in [7, 11) is 0. The van der Waals surface area contributed by atoms with Crippen LogP contribution in [0.2, 0.25) is 0 Å². The van der Waals surface area contributed by atoms with E-state index in [1.54, 1.807) is 0 Å². The summed E-state index contributed by atoms with van der Waals surface area (Å²) in [6.07, 6.45) is 5.05. The van der Waals surface area contributed by atoms with Gasteiger partial charge in [0.05, 0.1) is 6.04 Å². The summed E-state index contributed by atoms with van der Waals surface area (Å²) in [5.41, 5.74) is 5.02. The smallest absolute Gasteiger partial charge is 0.126 e. The van der Waals surface area contributed by atoms with Gasteiger partial charge in [-0.05, 0) is 36.0 Å². The molecule has 3 aromatic carbocycles. The first kappa shape index (κ1) is 19.1. The minimum absolute atomic E-state index is 0.0618. The molecule has 0 saturated carbocycles. The van der Waals surface area contributed by atoms with Gasteiger partial charge in [0.25, 0.3) is 0 Å². The molecule has 1 aliphatic rings. The molecule has 3 aromatic rings. The fourth-order valence-electron chi connectivity index (χ4n) is 3.95. The second-order valence-electron chi connectivity index (χ2n) is 7.39. The zero-order valence-electron chi connectivity index (χ0n) is 16.7. The Morgan fingerprint density at radius 3 is 2.03 bits per heavy atom. The maximum atomic E-state index is 5.21. The molecule has 1 aliphatic heterocycles. The second-order valence-corrected chi connectivity index (χ2v) is 7.39. The normalized spacial score (nSPS) is 19.9. The van der Waals surface area contributed by atoms with E-state index < -0.39 is 0 Å². The molecule has 1 N–H and O–H groups in total. The molecular weight excluding hydrogens is 352 g/mol. The minimum Gasteiger partial charge on any atom is -0.361 e. The fraction of sp³-hybridized carbons (Fsp3) is 0.185. The van der Waals surface area contributed by atoms with Crippen molar-refractivity contribution in [3.8, 4) is 0 Å². The molecular formula is C27H27N2. The molecule has 1 fully saturated rings. The number of nitrogens with zero attached hydrogens (tertiary/aromatic N) is 1. The van der Waals surface area contributed by atoms with Crippen LogP contribution >= 0.6 is 0 Å². The van der Waals surface area contributed by atoms with Gasteiger partial charge in [-0.25, -0.2) is 0 Å². The molecule has 145 valence electrons. The lowest BCUT2D eigenvalue weighted by atomic mass is 9.95. The van der Waals surface area contributed by atoms with Crippen LogP contribution in [-0.4, -0.2) is 0 Å². The second kappa shape index (κ2) is 9.29. The van der Waals surface area contributed by atoms with Crippen molar-refractivity contribution in [1.82, 2.24) is 10.6 Å². The molecule has 1 radical (unpaired) electrons. The maximum absolute atomic E-state index is 5.21. The Morgan fingerprint density at radius 1 is 0.828 bits per heavy atom. The Morgan fingerprint density at radius 2 is 1.41 bits per heavy atom. The monoisotopic (exact) mass is 379 g/mol. The van der Waals surface area contributed by atoms with Crippen molar-refractivity contribution in [2.24, 2.45) is 0 Å². The Kier molecular flexibility index (Phi) is 6.11. The van der Waals surface area contributed by atoms with Gasteiger partial charge in [0.2, 0.25) is 0 Å². The van der Waals surface area contributed by atoms with Gasteiger partial charge in [0, 0.05) is 5.57 Å². The lowest BCUT2D eigenvalue weighted by Gasteiger charge is -2.18. The quantitative estimate of drug-likeness (QED) is 0.373. The zero-order valence-corrected chi connectivity index (χ0v) is 16.7. The number of hydrogen-bond acceptors (Lipinski definition) is 1. The summed E-state index contributed by atoms with van der Waals surface area (Å²) >= 11 is 0. The van der Waals surface area contributed by atoms with E-state index in [0.29, 0.717) is 0 Å². The Bertz CT molecular complexity index is 896. The van der Waals surface area contributed by atoms with Crippen LogP contribution in [0.5, 0.6) is 0 Å². The van der Waals surface area contributed by atoms with E-state index in [0.717, 1.165) is 25.1 Å². The summed E-state index contributed by atoms with van der Waals surface area (Å²) in [4.78, 5) is 0. The largest absolute Gasteiger partial charge is 0.361 e. The first-order valence-corrected chi connectivity index (χ1v) is 10.3. The van der Waals surface area contributed by atoms with Crippen LogP contribution in [0, 0.1) is 0 Å². The highest BCUT2D eigenvalue weighted by molar-refractivity contribution is 5.68. The lowest BCUT2D eigenvalue weighted by molar-refractivity contribution is 0.549. The fourth-order valence-corrected chi connectivity index (χ4v) is 3.95. The molecule has 0 unspecified atom stereocenters. The van der Waals surface area contributed by atoms with Crippen molar-refractivity contribution in [2.45, 2.75) is 31.3 Å². The Labute approximate surface area is 174 Å². The van der Waals surface area contributed by atoms with Crippen LogP contribution in [-0.2, 0) is 0 Å². The lowest BCUT2D eigenvalue weighted by Crippen LogP contribution is -2.17. The molecule has 1 saturated heterocycles. The third-order valence-corrected chi connectivity index (χ3v) is 5.42. The average Bonchev–Trinajstić information content (AvgIpc) is 3.24. The van der Waals surface area contributed by atoms with E-state index in [1.807, 2.05) is 6.08 Å². The molecule has 2 heteroatoms. The third kappa shape index (κ3) is 4.43. The summed E-state index contributed by atoms with van der Waals surface area (Å²) in [6, 6.07) is 32.1. The van der Waals surface area contributed by atoms with Gasteiger partial charge in [0.15, 0.2) is 0 Å². The summed E-state index contributed by atoms with van der Waals surface area (Å²) in [6.45, 7) is 3.88. The number of benzene rings is 3. The summed E-state index contributed by atoms with van der Waals surface area (Å²) < 4.78 is 0. The van der Waals surface area contributed by atoms with Crippen molar-refractivity contribution in [1.29, 1.82) is 0 Å². The van der Waals surface area contributed by atoms with Crippen LogP contribution in [0.4, 0.5) is 0 Å². The van der Waals surface area contributed by atoms with Crippen molar-refractivity contribution in [2.75, 3.05) is 0 Å². The van der Waals surface area contributed by atoms with Gasteiger partial charge in [-0.1, -0.05) is 97.1 Å². The van der Waals surface area contributed by atoms with Crippen LogP contribution in [0.1, 0.15) is 48.0 Å². The third-order valence-electron chi connectivity index (χ3n) is 5.42. The molecule has 0 amide bonds. The molecule has 0 bridgehead atoms. The first-order valence-electron chi connectivity index (χ1n) is 10.3. The molecule has 2 nitrogen and oxygen atoms in total. The van der Waals surface area contributed by atoms with Crippen molar-refractivity contribution in [3.63, 3.8) is 0 Å². The topological polar surface area (TPSA) is 26.1 Å². The Balaban J connectivity index is 1.74. The van der Waals surface area contributed by atoms with E-state index >= 15 is 0 Å².